The van der Waals surface area contributed by atoms with E-state index in [1.165, 1.54) is 36.5 Å². The molecule has 0 aliphatic carbocycles. The van der Waals surface area contributed by atoms with Crippen molar-refractivity contribution in [2.24, 2.45) is 0 Å². The van der Waals surface area contributed by atoms with E-state index in [-0.39, 0.29) is 21.7 Å². The normalized spacial score (nSPS) is 9.86. The number of aromatic carboxylic acids is 1. The van der Waals surface area contributed by atoms with Crippen LogP contribution in [0.4, 0.5) is 5.69 Å². The first kappa shape index (κ1) is 14.5. The van der Waals surface area contributed by atoms with Gasteiger partial charge in [0, 0.05) is 12.3 Å². The second kappa shape index (κ2) is 6.02. The summed E-state index contributed by atoms with van der Waals surface area (Å²) in [7, 11) is 0. The third kappa shape index (κ3) is 3.34. The average Bonchev–Trinajstić information content (AvgIpc) is 2.47. The van der Waals surface area contributed by atoms with E-state index >= 15 is 0 Å². The van der Waals surface area contributed by atoms with Gasteiger partial charge in [-0.05, 0) is 24.3 Å². The summed E-state index contributed by atoms with van der Waals surface area (Å²) in [6.45, 7) is 0. The number of hydrogen-bond acceptors (Lipinski definition) is 6. The molecule has 0 fully saturated rings. The Kier molecular flexibility index (Phi) is 4.15. The molecule has 0 saturated carbocycles. The summed E-state index contributed by atoms with van der Waals surface area (Å²) in [6.07, 6.45) is 1.31. The van der Waals surface area contributed by atoms with Gasteiger partial charge >= 0.3 is 5.97 Å². The van der Waals surface area contributed by atoms with Crippen LogP contribution in [0.3, 0.4) is 0 Å². The molecule has 0 spiro atoms. The minimum Gasteiger partial charge on any atom is -0.478 e. The highest BCUT2D eigenvalue weighted by Gasteiger charge is 2.16. The molecule has 0 unspecified atom stereocenters. The molecule has 0 aliphatic heterocycles. The standard InChI is InChI=1S/C13H7N3O4S/c14-7-8-1-2-10(16(19)20)11(5-8)21-12-6-9(13(17)18)3-4-15-12/h1-6H,(H,17,18). The van der Waals surface area contributed by atoms with Crippen LogP contribution in [0.5, 0.6) is 0 Å². The van der Waals surface area contributed by atoms with E-state index in [9.17, 15) is 14.9 Å². The SMILES string of the molecule is N#Cc1ccc([N+](=O)[O-])c(Sc2cc(C(=O)O)ccn2)c1. The quantitative estimate of drug-likeness (QED) is 0.681. The number of nitro groups is 1. The fourth-order valence-electron chi connectivity index (χ4n) is 1.53. The van der Waals surface area contributed by atoms with Crippen molar-refractivity contribution in [3.63, 3.8) is 0 Å². The number of nitro benzene ring substituents is 1. The van der Waals surface area contributed by atoms with Gasteiger partial charge < -0.3 is 5.11 Å². The van der Waals surface area contributed by atoms with Crippen LogP contribution in [-0.4, -0.2) is 21.0 Å². The molecule has 0 amide bonds. The van der Waals surface area contributed by atoms with Gasteiger partial charge in [0.15, 0.2) is 0 Å². The lowest BCUT2D eigenvalue weighted by Crippen LogP contribution is -1.97. The Morgan fingerprint density at radius 3 is 2.76 bits per heavy atom. The van der Waals surface area contributed by atoms with Gasteiger partial charge in [0.25, 0.3) is 5.69 Å². The second-order valence-electron chi connectivity index (χ2n) is 3.84. The number of carbonyl (C=O) groups is 1. The molecule has 2 aromatic rings. The fraction of sp³-hybridized carbons (Fsp3) is 0. The van der Waals surface area contributed by atoms with Crippen molar-refractivity contribution in [1.29, 1.82) is 5.26 Å². The van der Waals surface area contributed by atoms with E-state index in [2.05, 4.69) is 4.98 Å². The number of hydrogen-bond donors (Lipinski definition) is 1. The van der Waals surface area contributed by atoms with Gasteiger partial charge in [-0.3, -0.25) is 10.1 Å². The molecule has 104 valence electrons. The topological polar surface area (TPSA) is 117 Å². The van der Waals surface area contributed by atoms with E-state index in [0.717, 1.165) is 11.8 Å². The molecule has 7 nitrogen and oxygen atoms in total. The summed E-state index contributed by atoms with van der Waals surface area (Å²) in [5.41, 5.74) is 0.144. The summed E-state index contributed by atoms with van der Waals surface area (Å²) < 4.78 is 0. The lowest BCUT2D eigenvalue weighted by Gasteiger charge is -2.03. The van der Waals surface area contributed by atoms with E-state index in [0.29, 0.717) is 5.03 Å². The number of nitriles is 1. The van der Waals surface area contributed by atoms with Crippen LogP contribution in [0, 0.1) is 21.4 Å². The second-order valence-corrected chi connectivity index (χ2v) is 4.90. The molecule has 0 bridgehead atoms. The highest BCUT2D eigenvalue weighted by atomic mass is 32.2. The zero-order chi connectivity index (χ0) is 15.4. The van der Waals surface area contributed by atoms with Crippen LogP contribution in [0.1, 0.15) is 15.9 Å². The molecule has 1 aromatic carbocycles. The number of carboxylic acid groups (broad SMARTS) is 1. The maximum Gasteiger partial charge on any atom is 0.335 e. The summed E-state index contributed by atoms with van der Waals surface area (Å²) in [5, 5.41) is 29.0. The van der Waals surface area contributed by atoms with Crippen molar-refractivity contribution in [1.82, 2.24) is 4.98 Å². The first-order chi connectivity index (χ1) is 10.0. The summed E-state index contributed by atoms with van der Waals surface area (Å²) in [4.78, 5) is 25.5. The van der Waals surface area contributed by atoms with Crippen molar-refractivity contribution in [3.8, 4) is 6.07 Å². The molecule has 0 radical (unpaired) electrons. The van der Waals surface area contributed by atoms with Gasteiger partial charge in [-0.1, -0.05) is 11.8 Å². The Morgan fingerprint density at radius 2 is 2.14 bits per heavy atom. The third-order valence-electron chi connectivity index (χ3n) is 2.48. The van der Waals surface area contributed by atoms with E-state index in [1.807, 2.05) is 6.07 Å². The smallest absolute Gasteiger partial charge is 0.335 e. The first-order valence-electron chi connectivity index (χ1n) is 5.57. The number of benzene rings is 1. The van der Waals surface area contributed by atoms with Crippen LogP contribution in [0.15, 0.2) is 46.5 Å². The van der Waals surface area contributed by atoms with E-state index < -0.39 is 10.9 Å². The predicted octanol–water partition coefficient (Wildman–Crippen LogP) is 2.71. The third-order valence-corrected chi connectivity index (χ3v) is 3.46. The molecule has 1 heterocycles. The van der Waals surface area contributed by atoms with Crippen molar-refractivity contribution < 1.29 is 14.8 Å². The maximum absolute atomic E-state index is 11.0. The Balaban J connectivity index is 2.43. The molecular weight excluding hydrogens is 294 g/mol. The molecule has 8 heteroatoms. The van der Waals surface area contributed by atoms with Crippen LogP contribution in [0.25, 0.3) is 0 Å². The Morgan fingerprint density at radius 1 is 1.38 bits per heavy atom. The highest BCUT2D eigenvalue weighted by molar-refractivity contribution is 7.99. The zero-order valence-electron chi connectivity index (χ0n) is 10.4. The minimum atomic E-state index is -1.11. The van der Waals surface area contributed by atoms with Crippen LogP contribution < -0.4 is 0 Å². The van der Waals surface area contributed by atoms with Gasteiger partial charge in [0.2, 0.25) is 0 Å². The fourth-order valence-corrected chi connectivity index (χ4v) is 2.49. The van der Waals surface area contributed by atoms with Crippen molar-refractivity contribution in [2.45, 2.75) is 9.92 Å². The lowest BCUT2D eigenvalue weighted by molar-refractivity contribution is -0.387. The van der Waals surface area contributed by atoms with Gasteiger partial charge in [-0.25, -0.2) is 9.78 Å². The van der Waals surface area contributed by atoms with Gasteiger partial charge in [-0.2, -0.15) is 5.26 Å². The van der Waals surface area contributed by atoms with Crippen molar-refractivity contribution in [2.75, 3.05) is 0 Å². The molecule has 0 atom stereocenters. The Bertz CT molecular complexity index is 770. The molecule has 2 rings (SSSR count). The van der Waals surface area contributed by atoms with Crippen LogP contribution in [-0.2, 0) is 0 Å². The number of carboxylic acids is 1. The minimum absolute atomic E-state index is 0.0339. The van der Waals surface area contributed by atoms with Gasteiger partial charge in [-0.15, -0.1) is 0 Å². The van der Waals surface area contributed by atoms with Crippen molar-refractivity contribution in [3.05, 3.63) is 57.8 Å². The molecule has 0 saturated heterocycles. The van der Waals surface area contributed by atoms with Crippen LogP contribution >= 0.6 is 11.8 Å². The zero-order valence-corrected chi connectivity index (χ0v) is 11.2. The molecular formula is C13H7N3O4S. The maximum atomic E-state index is 11.0. The number of pyridine rings is 1. The summed E-state index contributed by atoms with van der Waals surface area (Å²) in [6, 6.07) is 8.50. The summed E-state index contributed by atoms with van der Waals surface area (Å²) in [5.74, 6) is -1.11. The first-order valence-corrected chi connectivity index (χ1v) is 6.38. The van der Waals surface area contributed by atoms with E-state index in [4.69, 9.17) is 10.4 Å². The lowest BCUT2D eigenvalue weighted by atomic mass is 10.2. The van der Waals surface area contributed by atoms with Crippen molar-refractivity contribution >= 4 is 23.4 Å². The number of aromatic nitrogens is 1. The van der Waals surface area contributed by atoms with Gasteiger partial charge in [0.05, 0.1) is 27.0 Å². The number of nitrogens with zero attached hydrogens (tertiary/aromatic N) is 3. The molecule has 1 N–H and O–H groups in total. The summed E-state index contributed by atoms with van der Waals surface area (Å²) >= 11 is 0.936. The van der Waals surface area contributed by atoms with Gasteiger partial charge in [0.1, 0.15) is 5.03 Å². The molecule has 1 aromatic heterocycles. The monoisotopic (exact) mass is 301 g/mol. The van der Waals surface area contributed by atoms with E-state index in [1.54, 1.807) is 0 Å². The number of rotatable bonds is 4. The molecule has 0 aliphatic rings. The highest BCUT2D eigenvalue weighted by Crippen LogP contribution is 2.34. The predicted molar refractivity (Wildman–Crippen MR) is 73.1 cm³/mol. The molecule has 21 heavy (non-hydrogen) atoms. The Labute approximate surface area is 123 Å². The van der Waals surface area contributed by atoms with Crippen LogP contribution in [0.2, 0.25) is 0 Å². The Hall–Kier alpha value is -2.92. The largest absolute Gasteiger partial charge is 0.478 e. The average molecular weight is 301 g/mol.